The number of benzene rings is 1. The van der Waals surface area contributed by atoms with E-state index in [-0.39, 0.29) is 11.8 Å². The Morgan fingerprint density at radius 1 is 1.09 bits per heavy atom. The highest BCUT2D eigenvalue weighted by atomic mass is 16.3. The number of carbonyl (C=O) groups is 1. The number of pyridine rings is 1. The van der Waals surface area contributed by atoms with Gasteiger partial charge < -0.3 is 14.3 Å². The number of hydrogen-bond donors (Lipinski definition) is 1. The average Bonchev–Trinajstić information content (AvgIpc) is 3.53. The van der Waals surface area contributed by atoms with Crippen molar-refractivity contribution < 1.29 is 9.21 Å². The van der Waals surface area contributed by atoms with E-state index in [9.17, 15) is 4.79 Å². The molecule has 1 N–H and O–H groups in total. The molecule has 0 spiro atoms. The highest BCUT2D eigenvalue weighted by molar-refractivity contribution is 5.93. The molecule has 162 valence electrons. The molecule has 32 heavy (non-hydrogen) atoms. The zero-order valence-electron chi connectivity index (χ0n) is 17.9. The fourth-order valence-corrected chi connectivity index (χ4v) is 4.34. The van der Waals surface area contributed by atoms with Crippen LogP contribution in [0.4, 0.5) is 5.69 Å². The highest BCUT2D eigenvalue weighted by Gasteiger charge is 2.26. The van der Waals surface area contributed by atoms with Crippen molar-refractivity contribution in [3.8, 4) is 17.0 Å². The van der Waals surface area contributed by atoms with Crippen molar-refractivity contribution in [2.75, 3.05) is 18.4 Å². The van der Waals surface area contributed by atoms with Crippen LogP contribution in [0.25, 0.3) is 17.0 Å². The molecule has 0 unspecified atom stereocenters. The lowest BCUT2D eigenvalue weighted by atomic mass is 9.97. The van der Waals surface area contributed by atoms with Crippen molar-refractivity contribution in [2.45, 2.75) is 19.4 Å². The summed E-state index contributed by atoms with van der Waals surface area (Å²) < 4.78 is 7.59. The lowest BCUT2D eigenvalue weighted by Crippen LogP contribution is -2.40. The predicted octanol–water partition coefficient (Wildman–Crippen LogP) is 4.98. The largest absolute Gasteiger partial charge is 0.464 e. The van der Waals surface area contributed by atoms with E-state index in [1.54, 1.807) is 12.5 Å². The molecule has 1 aliphatic heterocycles. The van der Waals surface area contributed by atoms with E-state index in [4.69, 9.17) is 4.42 Å². The van der Waals surface area contributed by atoms with Gasteiger partial charge in [0.25, 0.3) is 0 Å². The number of anilines is 1. The van der Waals surface area contributed by atoms with Gasteiger partial charge in [0, 0.05) is 42.4 Å². The number of carbonyl (C=O) groups excluding carboxylic acids is 1. The summed E-state index contributed by atoms with van der Waals surface area (Å²) in [6, 6.07) is 19.8. The number of likely N-dealkylation sites (tertiary alicyclic amines) is 1. The molecule has 4 aromatic rings. The Morgan fingerprint density at radius 2 is 2.00 bits per heavy atom. The van der Waals surface area contributed by atoms with E-state index in [0.717, 1.165) is 55.2 Å². The SMILES string of the molecule is O=C(Nc1ccc(-c2ccco2)cc1)[C@@H]1CCCN(Cc2cccn2-c2cccnc2)C1. The molecule has 5 rings (SSSR count). The third kappa shape index (κ3) is 4.50. The summed E-state index contributed by atoms with van der Waals surface area (Å²) in [5.41, 5.74) is 4.06. The molecule has 6 heteroatoms. The van der Waals surface area contributed by atoms with Gasteiger partial charge in [-0.25, -0.2) is 0 Å². The first-order valence-corrected chi connectivity index (χ1v) is 11.0. The Morgan fingerprint density at radius 3 is 2.78 bits per heavy atom. The zero-order chi connectivity index (χ0) is 21.8. The Hall–Kier alpha value is -3.64. The highest BCUT2D eigenvalue weighted by Crippen LogP contribution is 2.24. The Kier molecular flexibility index (Phi) is 5.85. The second kappa shape index (κ2) is 9.24. The van der Waals surface area contributed by atoms with Crippen molar-refractivity contribution in [1.29, 1.82) is 0 Å². The van der Waals surface area contributed by atoms with Crippen LogP contribution in [0, 0.1) is 5.92 Å². The predicted molar refractivity (Wildman–Crippen MR) is 124 cm³/mol. The minimum atomic E-state index is -0.0182. The lowest BCUT2D eigenvalue weighted by molar-refractivity contribution is -0.121. The molecule has 1 aromatic carbocycles. The molecule has 0 saturated carbocycles. The van der Waals surface area contributed by atoms with E-state index < -0.39 is 0 Å². The molecule has 1 fully saturated rings. The molecular weight excluding hydrogens is 400 g/mol. The third-order valence-corrected chi connectivity index (χ3v) is 5.98. The normalized spacial score (nSPS) is 16.7. The van der Waals surface area contributed by atoms with Crippen molar-refractivity contribution >= 4 is 11.6 Å². The summed E-state index contributed by atoms with van der Waals surface area (Å²) in [5, 5.41) is 3.09. The fraction of sp³-hybridized carbons (Fsp3) is 0.231. The molecule has 3 aromatic heterocycles. The standard InChI is InChI=1S/C26H26N4O2/c31-26(28-22-11-9-20(10-12-22)25-8-4-16-32-25)21-5-2-14-29(18-21)19-24-7-3-15-30(24)23-6-1-13-27-17-23/h1,3-4,6-13,15-17,21H,2,5,14,18-19H2,(H,28,31)/t21-/m1/s1. The van der Waals surface area contributed by atoms with Crippen LogP contribution >= 0.6 is 0 Å². The van der Waals surface area contributed by atoms with Crippen LogP contribution in [-0.4, -0.2) is 33.4 Å². The van der Waals surface area contributed by atoms with Gasteiger partial charge in [0.1, 0.15) is 5.76 Å². The second-order valence-corrected chi connectivity index (χ2v) is 8.20. The van der Waals surface area contributed by atoms with Crippen molar-refractivity contribution in [1.82, 2.24) is 14.5 Å². The minimum Gasteiger partial charge on any atom is -0.464 e. The lowest BCUT2D eigenvalue weighted by Gasteiger charge is -2.32. The maximum Gasteiger partial charge on any atom is 0.228 e. The summed E-state index contributed by atoms with van der Waals surface area (Å²) in [7, 11) is 0. The van der Waals surface area contributed by atoms with Crippen molar-refractivity contribution in [2.24, 2.45) is 5.92 Å². The van der Waals surface area contributed by atoms with E-state index >= 15 is 0 Å². The van der Waals surface area contributed by atoms with Crippen LogP contribution in [0.2, 0.25) is 0 Å². The maximum atomic E-state index is 12.9. The number of piperidine rings is 1. The monoisotopic (exact) mass is 426 g/mol. The van der Waals surface area contributed by atoms with Crippen LogP contribution in [0.3, 0.4) is 0 Å². The summed E-state index contributed by atoms with van der Waals surface area (Å²) in [5.74, 6) is 0.889. The average molecular weight is 427 g/mol. The smallest absolute Gasteiger partial charge is 0.228 e. The first-order valence-electron chi connectivity index (χ1n) is 11.0. The summed E-state index contributed by atoms with van der Waals surface area (Å²) in [6.45, 7) is 2.57. The van der Waals surface area contributed by atoms with Crippen molar-refractivity contribution in [3.05, 3.63) is 91.2 Å². The van der Waals surface area contributed by atoms with Crippen LogP contribution in [0.5, 0.6) is 0 Å². The van der Waals surface area contributed by atoms with Crippen molar-refractivity contribution in [3.63, 3.8) is 0 Å². The van der Waals surface area contributed by atoms with Gasteiger partial charge in [-0.15, -0.1) is 0 Å². The number of nitrogens with one attached hydrogen (secondary N) is 1. The number of rotatable bonds is 6. The van der Waals surface area contributed by atoms with Crippen LogP contribution in [0.15, 0.2) is 89.9 Å². The first-order chi connectivity index (χ1) is 15.8. The number of furan rings is 1. The first kappa shape index (κ1) is 20.3. The fourth-order valence-electron chi connectivity index (χ4n) is 4.34. The summed E-state index contributed by atoms with van der Waals surface area (Å²) >= 11 is 0. The number of aromatic nitrogens is 2. The molecule has 0 radical (unpaired) electrons. The minimum absolute atomic E-state index is 0.0182. The van der Waals surface area contributed by atoms with E-state index in [0.29, 0.717) is 0 Å². The van der Waals surface area contributed by atoms with Gasteiger partial charge in [-0.3, -0.25) is 14.7 Å². The number of nitrogens with zero attached hydrogens (tertiary/aromatic N) is 3. The zero-order valence-corrected chi connectivity index (χ0v) is 17.9. The molecule has 6 nitrogen and oxygen atoms in total. The van der Waals surface area contributed by atoms with E-state index in [1.807, 2.05) is 48.7 Å². The molecule has 1 amide bonds. The number of hydrogen-bond acceptors (Lipinski definition) is 4. The Labute approximate surface area is 187 Å². The van der Waals surface area contributed by atoms with Gasteiger partial charge in [0.05, 0.1) is 24.1 Å². The van der Waals surface area contributed by atoms with E-state index in [1.165, 1.54) is 5.69 Å². The van der Waals surface area contributed by atoms with E-state index in [2.05, 4.69) is 44.2 Å². The summed E-state index contributed by atoms with van der Waals surface area (Å²) in [6.07, 6.45) is 9.30. The van der Waals surface area contributed by atoms with Gasteiger partial charge in [-0.1, -0.05) is 0 Å². The molecule has 1 saturated heterocycles. The van der Waals surface area contributed by atoms with Crippen LogP contribution in [-0.2, 0) is 11.3 Å². The summed E-state index contributed by atoms with van der Waals surface area (Å²) in [4.78, 5) is 19.5. The molecular formula is C26H26N4O2. The van der Waals surface area contributed by atoms with Gasteiger partial charge in [0.2, 0.25) is 5.91 Å². The third-order valence-electron chi connectivity index (χ3n) is 5.98. The van der Waals surface area contributed by atoms with Gasteiger partial charge >= 0.3 is 0 Å². The Bertz CT molecular complexity index is 1150. The van der Waals surface area contributed by atoms with Crippen LogP contribution in [0.1, 0.15) is 18.5 Å². The van der Waals surface area contributed by atoms with Gasteiger partial charge in [0.15, 0.2) is 0 Å². The molecule has 0 bridgehead atoms. The maximum absolute atomic E-state index is 12.9. The molecule has 0 aliphatic carbocycles. The Balaban J connectivity index is 1.21. The molecule has 1 atom stereocenters. The molecule has 4 heterocycles. The molecule has 1 aliphatic rings. The van der Waals surface area contributed by atoms with Crippen LogP contribution < -0.4 is 5.32 Å². The quantitative estimate of drug-likeness (QED) is 0.472. The van der Waals surface area contributed by atoms with Gasteiger partial charge in [-0.05, 0) is 80.1 Å². The number of amides is 1. The topological polar surface area (TPSA) is 63.3 Å². The second-order valence-electron chi connectivity index (χ2n) is 8.20. The van der Waals surface area contributed by atoms with Gasteiger partial charge in [-0.2, -0.15) is 0 Å².